The molecule has 1 saturated heterocycles. The van der Waals surface area contributed by atoms with Crippen molar-refractivity contribution in [1.29, 1.82) is 0 Å². The van der Waals surface area contributed by atoms with Gasteiger partial charge in [-0.05, 0) is 48.0 Å². The molecule has 1 N–H and O–H groups in total. The van der Waals surface area contributed by atoms with Crippen molar-refractivity contribution in [3.63, 3.8) is 0 Å². The Morgan fingerprint density at radius 1 is 1.39 bits per heavy atom. The molecule has 3 rings (SSSR count). The summed E-state index contributed by atoms with van der Waals surface area (Å²) in [4.78, 5) is 0. The van der Waals surface area contributed by atoms with Crippen LogP contribution in [0.5, 0.6) is 0 Å². The molecule has 1 atom stereocenters. The first-order valence-electron chi connectivity index (χ1n) is 6.07. The monoisotopic (exact) mass is 247 g/mol. The number of aromatic nitrogens is 4. The Morgan fingerprint density at radius 2 is 2.28 bits per heavy atom. The van der Waals surface area contributed by atoms with Gasteiger partial charge in [0, 0.05) is 6.42 Å². The van der Waals surface area contributed by atoms with Crippen molar-refractivity contribution in [1.82, 2.24) is 25.5 Å². The topological polar surface area (TPSA) is 55.6 Å². The standard InChI is InChI=1S/C12H14FN5/c13-10-3-1-2-4-11(10)18-12(15-16-17-18)7-9-5-6-14-8-9/h1-4,9,14H,5-8H2. The number of rotatable bonds is 3. The lowest BCUT2D eigenvalue weighted by Gasteiger charge is -2.08. The fourth-order valence-corrected chi connectivity index (χ4v) is 2.29. The fraction of sp³-hybridized carbons (Fsp3) is 0.417. The number of benzene rings is 1. The highest BCUT2D eigenvalue weighted by Crippen LogP contribution is 2.17. The number of tetrazole rings is 1. The van der Waals surface area contributed by atoms with Crippen LogP contribution in [0.3, 0.4) is 0 Å². The van der Waals surface area contributed by atoms with Gasteiger partial charge in [-0.3, -0.25) is 0 Å². The molecule has 1 unspecified atom stereocenters. The van der Waals surface area contributed by atoms with Gasteiger partial charge < -0.3 is 5.32 Å². The van der Waals surface area contributed by atoms with Gasteiger partial charge in [0.15, 0.2) is 5.82 Å². The smallest absolute Gasteiger partial charge is 0.157 e. The molecular weight excluding hydrogens is 233 g/mol. The normalized spacial score (nSPS) is 19.3. The molecule has 18 heavy (non-hydrogen) atoms. The Bertz CT molecular complexity index is 533. The van der Waals surface area contributed by atoms with Crippen molar-refractivity contribution in [2.24, 2.45) is 5.92 Å². The Labute approximate surface area is 104 Å². The fourth-order valence-electron chi connectivity index (χ4n) is 2.29. The van der Waals surface area contributed by atoms with E-state index < -0.39 is 0 Å². The average Bonchev–Trinajstić information content (AvgIpc) is 3.02. The summed E-state index contributed by atoms with van der Waals surface area (Å²) in [7, 11) is 0. The van der Waals surface area contributed by atoms with E-state index in [1.54, 1.807) is 18.2 Å². The lowest BCUT2D eigenvalue weighted by Crippen LogP contribution is -2.14. The molecule has 1 aliphatic rings. The largest absolute Gasteiger partial charge is 0.316 e. The molecule has 5 nitrogen and oxygen atoms in total. The van der Waals surface area contributed by atoms with Gasteiger partial charge in [0.1, 0.15) is 11.5 Å². The SMILES string of the molecule is Fc1ccccc1-n1nnnc1CC1CCNC1. The predicted octanol–water partition coefficient (Wildman–Crippen LogP) is 0.953. The molecular formula is C12H14FN5. The molecule has 1 aliphatic heterocycles. The highest BCUT2D eigenvalue weighted by atomic mass is 19.1. The summed E-state index contributed by atoms with van der Waals surface area (Å²) in [5, 5.41) is 14.9. The maximum Gasteiger partial charge on any atom is 0.157 e. The van der Waals surface area contributed by atoms with Crippen LogP contribution in [0.1, 0.15) is 12.2 Å². The number of nitrogens with zero attached hydrogens (tertiary/aromatic N) is 4. The Kier molecular flexibility index (Phi) is 3.02. The van der Waals surface area contributed by atoms with E-state index in [1.807, 2.05) is 0 Å². The summed E-state index contributed by atoms with van der Waals surface area (Å²) in [6.07, 6.45) is 1.89. The van der Waals surface area contributed by atoms with E-state index >= 15 is 0 Å². The van der Waals surface area contributed by atoms with E-state index in [-0.39, 0.29) is 5.82 Å². The molecule has 0 amide bonds. The summed E-state index contributed by atoms with van der Waals surface area (Å²) >= 11 is 0. The van der Waals surface area contributed by atoms with Crippen molar-refractivity contribution in [3.8, 4) is 5.69 Å². The van der Waals surface area contributed by atoms with Crippen molar-refractivity contribution >= 4 is 0 Å². The van der Waals surface area contributed by atoms with Crippen LogP contribution in [0.15, 0.2) is 24.3 Å². The summed E-state index contributed by atoms with van der Waals surface area (Å²) < 4.78 is 15.2. The zero-order chi connectivity index (χ0) is 12.4. The molecule has 1 aromatic carbocycles. The zero-order valence-corrected chi connectivity index (χ0v) is 9.88. The predicted molar refractivity (Wildman–Crippen MR) is 63.8 cm³/mol. The Morgan fingerprint density at radius 3 is 3.06 bits per heavy atom. The first-order valence-corrected chi connectivity index (χ1v) is 6.07. The van der Waals surface area contributed by atoms with Gasteiger partial charge in [-0.25, -0.2) is 4.39 Å². The Balaban J connectivity index is 1.89. The van der Waals surface area contributed by atoms with Gasteiger partial charge in [0.05, 0.1) is 0 Å². The second-order valence-corrected chi connectivity index (χ2v) is 4.52. The van der Waals surface area contributed by atoms with E-state index in [4.69, 9.17) is 0 Å². The molecule has 1 aromatic heterocycles. The van der Waals surface area contributed by atoms with E-state index in [9.17, 15) is 4.39 Å². The molecule has 2 heterocycles. The maximum absolute atomic E-state index is 13.7. The molecule has 2 aromatic rings. The van der Waals surface area contributed by atoms with Crippen molar-refractivity contribution in [3.05, 3.63) is 35.9 Å². The van der Waals surface area contributed by atoms with Crippen molar-refractivity contribution < 1.29 is 4.39 Å². The number of hydrogen-bond acceptors (Lipinski definition) is 4. The molecule has 0 spiro atoms. The van der Waals surface area contributed by atoms with Gasteiger partial charge in [-0.15, -0.1) is 5.10 Å². The van der Waals surface area contributed by atoms with Gasteiger partial charge in [0.25, 0.3) is 0 Å². The van der Waals surface area contributed by atoms with Crippen LogP contribution in [-0.2, 0) is 6.42 Å². The van der Waals surface area contributed by atoms with Crippen LogP contribution in [0.25, 0.3) is 5.69 Å². The summed E-state index contributed by atoms with van der Waals surface area (Å²) in [5.74, 6) is 0.936. The van der Waals surface area contributed by atoms with Crippen LogP contribution in [0.4, 0.5) is 4.39 Å². The first-order chi connectivity index (χ1) is 8.84. The average molecular weight is 247 g/mol. The van der Waals surface area contributed by atoms with E-state index in [2.05, 4.69) is 20.8 Å². The quantitative estimate of drug-likeness (QED) is 0.877. The first kappa shape index (κ1) is 11.3. The summed E-state index contributed by atoms with van der Waals surface area (Å²) in [6.45, 7) is 2.01. The lowest BCUT2D eigenvalue weighted by atomic mass is 10.0. The van der Waals surface area contributed by atoms with Crippen LogP contribution in [-0.4, -0.2) is 33.3 Å². The van der Waals surface area contributed by atoms with Crippen molar-refractivity contribution in [2.45, 2.75) is 12.8 Å². The molecule has 0 radical (unpaired) electrons. The molecule has 0 bridgehead atoms. The third-order valence-corrected chi connectivity index (χ3v) is 3.25. The number of hydrogen-bond donors (Lipinski definition) is 1. The number of nitrogens with one attached hydrogen (secondary N) is 1. The van der Waals surface area contributed by atoms with Gasteiger partial charge >= 0.3 is 0 Å². The minimum atomic E-state index is -0.310. The van der Waals surface area contributed by atoms with E-state index in [0.717, 1.165) is 25.9 Å². The third-order valence-electron chi connectivity index (χ3n) is 3.25. The van der Waals surface area contributed by atoms with Crippen LogP contribution < -0.4 is 5.32 Å². The second-order valence-electron chi connectivity index (χ2n) is 4.52. The van der Waals surface area contributed by atoms with Crippen LogP contribution in [0, 0.1) is 11.7 Å². The minimum absolute atomic E-state index is 0.310. The molecule has 94 valence electrons. The highest BCUT2D eigenvalue weighted by Gasteiger charge is 2.19. The zero-order valence-electron chi connectivity index (χ0n) is 9.88. The maximum atomic E-state index is 13.7. The summed E-state index contributed by atoms with van der Waals surface area (Å²) in [5.41, 5.74) is 0.406. The van der Waals surface area contributed by atoms with Crippen molar-refractivity contribution in [2.75, 3.05) is 13.1 Å². The minimum Gasteiger partial charge on any atom is -0.316 e. The van der Waals surface area contributed by atoms with Gasteiger partial charge in [-0.2, -0.15) is 4.68 Å². The van der Waals surface area contributed by atoms with Gasteiger partial charge in [-0.1, -0.05) is 12.1 Å². The van der Waals surface area contributed by atoms with Crippen LogP contribution >= 0.6 is 0 Å². The van der Waals surface area contributed by atoms with Gasteiger partial charge in [0.2, 0.25) is 0 Å². The number of para-hydroxylation sites is 1. The highest BCUT2D eigenvalue weighted by molar-refractivity contribution is 5.32. The van der Waals surface area contributed by atoms with E-state index in [0.29, 0.717) is 17.4 Å². The Hall–Kier alpha value is -1.82. The third kappa shape index (κ3) is 2.11. The second kappa shape index (κ2) is 4.81. The molecule has 0 saturated carbocycles. The molecule has 0 aliphatic carbocycles. The lowest BCUT2D eigenvalue weighted by molar-refractivity contribution is 0.544. The molecule has 1 fully saturated rings. The van der Waals surface area contributed by atoms with E-state index in [1.165, 1.54) is 10.7 Å². The molecule has 6 heteroatoms. The number of halogens is 1. The van der Waals surface area contributed by atoms with Crippen LogP contribution in [0.2, 0.25) is 0 Å². The summed E-state index contributed by atoms with van der Waals surface area (Å²) in [6, 6.07) is 6.53.